The van der Waals surface area contributed by atoms with E-state index >= 15 is 0 Å². The van der Waals surface area contributed by atoms with Gasteiger partial charge < -0.3 is 20.2 Å². The summed E-state index contributed by atoms with van der Waals surface area (Å²) < 4.78 is 10.6. The second kappa shape index (κ2) is 5.14. The zero-order chi connectivity index (χ0) is 11.4. The van der Waals surface area contributed by atoms with Gasteiger partial charge in [-0.25, -0.2) is 0 Å². The minimum absolute atomic E-state index is 0.0272. The van der Waals surface area contributed by atoms with Gasteiger partial charge in [-0.1, -0.05) is 0 Å². The van der Waals surface area contributed by atoms with Crippen LogP contribution in [-0.4, -0.2) is 24.7 Å². The molecule has 1 fully saturated rings. The summed E-state index contributed by atoms with van der Waals surface area (Å²) in [7, 11) is 0. The molecule has 0 bridgehead atoms. The maximum Gasteiger partial charge on any atom is 0.249 e. The zero-order valence-corrected chi connectivity index (χ0v) is 9.02. The molecule has 1 saturated heterocycles. The van der Waals surface area contributed by atoms with Crippen molar-refractivity contribution < 1.29 is 13.9 Å². The molecular formula is C11H16N2O3. The van der Waals surface area contributed by atoms with Gasteiger partial charge in [0.05, 0.1) is 18.9 Å². The van der Waals surface area contributed by atoms with Gasteiger partial charge in [0, 0.05) is 6.54 Å². The van der Waals surface area contributed by atoms with E-state index in [-0.39, 0.29) is 18.1 Å². The molecule has 5 nitrogen and oxygen atoms in total. The molecule has 3 N–H and O–H groups in total. The van der Waals surface area contributed by atoms with Crippen molar-refractivity contribution in [3.05, 3.63) is 24.2 Å². The molecule has 1 aliphatic heterocycles. The average molecular weight is 224 g/mol. The van der Waals surface area contributed by atoms with Gasteiger partial charge in [-0.05, 0) is 25.0 Å². The standard InChI is InChI=1S/C11H16N2O3/c12-6-8-3-4-10(16-8)11(14)13-7-9-2-1-5-15-9/h1-2,5,8,10H,3-4,6-7,12H2,(H,13,14)/t8-,10+/m1/s1. The summed E-state index contributed by atoms with van der Waals surface area (Å²) >= 11 is 0. The molecule has 2 rings (SSSR count). The van der Waals surface area contributed by atoms with E-state index in [2.05, 4.69) is 5.32 Å². The topological polar surface area (TPSA) is 77.5 Å². The molecule has 0 spiro atoms. The van der Waals surface area contributed by atoms with E-state index in [4.69, 9.17) is 14.9 Å². The van der Waals surface area contributed by atoms with Crippen molar-refractivity contribution in [2.75, 3.05) is 6.54 Å². The number of amides is 1. The first kappa shape index (κ1) is 11.2. The summed E-state index contributed by atoms with van der Waals surface area (Å²) in [6.07, 6.45) is 2.85. The maximum absolute atomic E-state index is 11.7. The predicted octanol–water partition coefficient (Wildman–Crippen LogP) is 0.402. The first-order chi connectivity index (χ1) is 7.79. The lowest BCUT2D eigenvalue weighted by Gasteiger charge is -2.11. The molecule has 2 atom stereocenters. The van der Waals surface area contributed by atoms with Crippen LogP contribution in [0, 0.1) is 0 Å². The second-order valence-electron chi connectivity index (χ2n) is 3.86. The largest absolute Gasteiger partial charge is 0.467 e. The Balaban J connectivity index is 1.76. The molecule has 1 amide bonds. The first-order valence-electron chi connectivity index (χ1n) is 5.45. The van der Waals surface area contributed by atoms with Gasteiger partial charge in [-0.2, -0.15) is 0 Å². The van der Waals surface area contributed by atoms with E-state index in [1.54, 1.807) is 12.3 Å². The molecule has 0 radical (unpaired) electrons. The predicted molar refractivity (Wildman–Crippen MR) is 57.5 cm³/mol. The monoisotopic (exact) mass is 224 g/mol. The third kappa shape index (κ3) is 2.62. The molecule has 1 aliphatic rings. The number of ether oxygens (including phenoxy) is 1. The molecular weight excluding hydrogens is 208 g/mol. The van der Waals surface area contributed by atoms with Crippen molar-refractivity contribution in [2.24, 2.45) is 5.73 Å². The number of hydrogen-bond donors (Lipinski definition) is 2. The first-order valence-corrected chi connectivity index (χ1v) is 5.45. The molecule has 1 aromatic heterocycles. The van der Waals surface area contributed by atoms with Crippen LogP contribution in [-0.2, 0) is 16.1 Å². The van der Waals surface area contributed by atoms with Gasteiger partial charge in [0.1, 0.15) is 11.9 Å². The zero-order valence-electron chi connectivity index (χ0n) is 9.02. The smallest absolute Gasteiger partial charge is 0.249 e. The minimum atomic E-state index is -0.358. The molecule has 16 heavy (non-hydrogen) atoms. The molecule has 0 saturated carbocycles. The number of rotatable bonds is 4. The lowest BCUT2D eigenvalue weighted by atomic mass is 10.2. The van der Waals surface area contributed by atoms with Crippen LogP contribution in [0.5, 0.6) is 0 Å². The van der Waals surface area contributed by atoms with Gasteiger partial charge >= 0.3 is 0 Å². The number of hydrogen-bond acceptors (Lipinski definition) is 4. The van der Waals surface area contributed by atoms with Gasteiger partial charge in [0.15, 0.2) is 0 Å². The normalized spacial score (nSPS) is 24.6. The van der Waals surface area contributed by atoms with E-state index in [0.29, 0.717) is 13.1 Å². The summed E-state index contributed by atoms with van der Waals surface area (Å²) in [4.78, 5) is 11.7. The Kier molecular flexibility index (Phi) is 3.58. The van der Waals surface area contributed by atoms with Crippen molar-refractivity contribution >= 4 is 5.91 Å². The Bertz CT molecular complexity index is 337. The Morgan fingerprint density at radius 2 is 2.44 bits per heavy atom. The SMILES string of the molecule is NC[C@H]1CC[C@@H](C(=O)NCc2ccco2)O1. The van der Waals surface area contributed by atoms with Crippen LogP contribution in [0.15, 0.2) is 22.8 Å². The van der Waals surface area contributed by atoms with Crippen molar-refractivity contribution in [1.82, 2.24) is 5.32 Å². The summed E-state index contributed by atoms with van der Waals surface area (Å²) in [6.45, 7) is 0.876. The van der Waals surface area contributed by atoms with Crippen LogP contribution in [0.2, 0.25) is 0 Å². The van der Waals surface area contributed by atoms with E-state index < -0.39 is 0 Å². The molecule has 0 aliphatic carbocycles. The Labute approximate surface area is 93.9 Å². The third-order valence-corrected chi connectivity index (χ3v) is 2.68. The number of carbonyl (C=O) groups excluding carboxylic acids is 1. The molecule has 88 valence electrons. The van der Waals surface area contributed by atoms with Crippen molar-refractivity contribution in [3.8, 4) is 0 Å². The molecule has 0 aromatic carbocycles. The van der Waals surface area contributed by atoms with Crippen LogP contribution in [0.3, 0.4) is 0 Å². The molecule has 2 heterocycles. The summed E-state index contributed by atoms with van der Waals surface area (Å²) in [5.74, 6) is 0.647. The van der Waals surface area contributed by atoms with Crippen molar-refractivity contribution in [1.29, 1.82) is 0 Å². The van der Waals surface area contributed by atoms with Crippen LogP contribution < -0.4 is 11.1 Å². The highest BCUT2D eigenvalue weighted by Crippen LogP contribution is 2.18. The summed E-state index contributed by atoms with van der Waals surface area (Å²) in [5, 5.41) is 2.77. The van der Waals surface area contributed by atoms with E-state index in [1.807, 2.05) is 6.07 Å². The Morgan fingerprint density at radius 3 is 3.06 bits per heavy atom. The highest BCUT2D eigenvalue weighted by atomic mass is 16.5. The van der Waals surface area contributed by atoms with E-state index in [9.17, 15) is 4.79 Å². The van der Waals surface area contributed by atoms with Crippen LogP contribution in [0.4, 0.5) is 0 Å². The van der Waals surface area contributed by atoms with E-state index in [0.717, 1.165) is 18.6 Å². The maximum atomic E-state index is 11.7. The van der Waals surface area contributed by atoms with Crippen molar-refractivity contribution in [2.45, 2.75) is 31.6 Å². The quantitative estimate of drug-likeness (QED) is 0.776. The molecule has 5 heteroatoms. The Morgan fingerprint density at radius 1 is 1.56 bits per heavy atom. The van der Waals surface area contributed by atoms with Crippen LogP contribution in [0.25, 0.3) is 0 Å². The fraction of sp³-hybridized carbons (Fsp3) is 0.545. The summed E-state index contributed by atoms with van der Waals surface area (Å²) in [6, 6.07) is 3.61. The van der Waals surface area contributed by atoms with Gasteiger partial charge in [-0.3, -0.25) is 4.79 Å². The highest BCUT2D eigenvalue weighted by molar-refractivity contribution is 5.80. The van der Waals surface area contributed by atoms with Crippen molar-refractivity contribution in [3.63, 3.8) is 0 Å². The Hall–Kier alpha value is -1.33. The fourth-order valence-corrected chi connectivity index (χ4v) is 1.77. The van der Waals surface area contributed by atoms with Gasteiger partial charge in [-0.15, -0.1) is 0 Å². The van der Waals surface area contributed by atoms with Crippen LogP contribution in [0.1, 0.15) is 18.6 Å². The second-order valence-corrected chi connectivity index (χ2v) is 3.86. The van der Waals surface area contributed by atoms with E-state index in [1.165, 1.54) is 0 Å². The number of nitrogens with one attached hydrogen (secondary N) is 1. The highest BCUT2D eigenvalue weighted by Gasteiger charge is 2.29. The molecule has 1 aromatic rings. The third-order valence-electron chi connectivity index (χ3n) is 2.68. The lowest BCUT2D eigenvalue weighted by Crippen LogP contribution is -2.35. The lowest BCUT2D eigenvalue weighted by molar-refractivity contribution is -0.132. The number of furan rings is 1. The van der Waals surface area contributed by atoms with Crippen LogP contribution >= 0.6 is 0 Å². The van der Waals surface area contributed by atoms with Gasteiger partial charge in [0.2, 0.25) is 5.91 Å². The number of nitrogens with two attached hydrogens (primary N) is 1. The minimum Gasteiger partial charge on any atom is -0.467 e. The summed E-state index contributed by atoms with van der Waals surface area (Å²) in [5.41, 5.74) is 5.48. The number of carbonyl (C=O) groups is 1. The average Bonchev–Trinajstić information content (AvgIpc) is 2.96. The molecule has 0 unspecified atom stereocenters. The van der Waals surface area contributed by atoms with Gasteiger partial charge in [0.25, 0.3) is 0 Å². The fourth-order valence-electron chi connectivity index (χ4n) is 1.77.